The predicted octanol–water partition coefficient (Wildman–Crippen LogP) is 2.38. The molecule has 0 N–H and O–H groups in total. The Morgan fingerprint density at radius 3 is 2.83 bits per heavy atom. The molecule has 0 aromatic carbocycles. The lowest BCUT2D eigenvalue weighted by atomic mass is 10.1. The molecule has 124 valence electrons. The van der Waals surface area contributed by atoms with Crippen molar-refractivity contribution < 1.29 is 0 Å². The molecule has 1 saturated carbocycles. The van der Waals surface area contributed by atoms with Crippen LogP contribution in [0.25, 0.3) is 4.96 Å². The van der Waals surface area contributed by atoms with E-state index in [1.165, 1.54) is 12.8 Å². The number of hydrogen-bond acceptors (Lipinski definition) is 6. The van der Waals surface area contributed by atoms with Gasteiger partial charge in [-0.15, -0.1) is 16.4 Å². The average molecular weight is 340 g/mol. The number of anilines is 1. The number of thiazole rings is 1. The summed E-state index contributed by atoms with van der Waals surface area (Å²) in [6.45, 7) is 2.91. The summed E-state index contributed by atoms with van der Waals surface area (Å²) in [5.41, 5.74) is 2.30. The van der Waals surface area contributed by atoms with Crippen LogP contribution in [0.5, 0.6) is 0 Å². The van der Waals surface area contributed by atoms with Gasteiger partial charge in [0.2, 0.25) is 0 Å². The van der Waals surface area contributed by atoms with Crippen LogP contribution in [0.3, 0.4) is 0 Å². The van der Waals surface area contributed by atoms with E-state index in [4.69, 9.17) is 0 Å². The Morgan fingerprint density at radius 2 is 2.12 bits per heavy atom. The van der Waals surface area contributed by atoms with Crippen molar-refractivity contribution in [3.05, 3.63) is 41.3 Å². The summed E-state index contributed by atoms with van der Waals surface area (Å²) in [6.07, 6.45) is 6.74. The second-order valence-electron chi connectivity index (χ2n) is 6.89. The van der Waals surface area contributed by atoms with E-state index >= 15 is 0 Å². The quantitative estimate of drug-likeness (QED) is 0.714. The highest BCUT2D eigenvalue weighted by molar-refractivity contribution is 7.15. The summed E-state index contributed by atoms with van der Waals surface area (Å²) < 4.78 is 2.10. The number of aromatic nitrogens is 4. The van der Waals surface area contributed by atoms with Crippen molar-refractivity contribution in [2.75, 3.05) is 25.0 Å². The minimum absolute atomic E-state index is 0.551. The summed E-state index contributed by atoms with van der Waals surface area (Å²) in [7, 11) is 2.18. The van der Waals surface area contributed by atoms with Gasteiger partial charge in [-0.3, -0.25) is 9.30 Å². The van der Waals surface area contributed by atoms with Crippen molar-refractivity contribution in [2.24, 2.45) is 0 Å². The monoisotopic (exact) mass is 340 g/mol. The minimum atomic E-state index is 0.551. The molecule has 24 heavy (non-hydrogen) atoms. The van der Waals surface area contributed by atoms with Crippen LogP contribution in [-0.4, -0.2) is 50.7 Å². The van der Waals surface area contributed by atoms with Crippen LogP contribution < -0.4 is 4.90 Å². The van der Waals surface area contributed by atoms with E-state index in [-0.39, 0.29) is 0 Å². The SMILES string of the molecule is CN(Cc1cn2ccsc2n1)C1CN(c2ccc(C3CC3)nn2)C1. The number of fused-ring (bicyclic) bond motifs is 1. The fraction of sp³-hybridized carbons (Fsp3) is 0.471. The zero-order valence-corrected chi connectivity index (χ0v) is 14.5. The van der Waals surface area contributed by atoms with Crippen LogP contribution >= 0.6 is 11.3 Å². The molecule has 4 heterocycles. The lowest BCUT2D eigenvalue weighted by Gasteiger charge is -2.44. The van der Waals surface area contributed by atoms with E-state index in [1.807, 2.05) is 0 Å². The number of nitrogens with zero attached hydrogens (tertiary/aromatic N) is 6. The first-order valence-corrected chi connectivity index (χ1v) is 9.34. The fourth-order valence-corrected chi connectivity index (χ4v) is 3.98. The molecular formula is C17H20N6S. The highest BCUT2D eigenvalue weighted by atomic mass is 32.1. The van der Waals surface area contributed by atoms with Gasteiger partial charge in [0.1, 0.15) is 0 Å². The fourth-order valence-electron chi connectivity index (χ4n) is 3.26. The Balaban J connectivity index is 1.18. The molecule has 1 saturated heterocycles. The van der Waals surface area contributed by atoms with Crippen molar-refractivity contribution in [3.63, 3.8) is 0 Å². The third kappa shape index (κ3) is 2.57. The highest BCUT2D eigenvalue weighted by Crippen LogP contribution is 2.38. The summed E-state index contributed by atoms with van der Waals surface area (Å²) in [4.78, 5) is 10.4. The maximum atomic E-state index is 4.67. The maximum Gasteiger partial charge on any atom is 0.193 e. The average Bonchev–Trinajstić information content (AvgIpc) is 3.18. The van der Waals surface area contributed by atoms with Gasteiger partial charge in [-0.25, -0.2) is 4.98 Å². The van der Waals surface area contributed by atoms with Crippen molar-refractivity contribution in [2.45, 2.75) is 31.3 Å². The highest BCUT2D eigenvalue weighted by Gasteiger charge is 2.32. The lowest BCUT2D eigenvalue weighted by molar-refractivity contribution is 0.195. The Morgan fingerprint density at radius 1 is 1.25 bits per heavy atom. The summed E-state index contributed by atoms with van der Waals surface area (Å²) in [5.74, 6) is 1.68. The molecule has 0 radical (unpaired) electrons. The number of rotatable bonds is 5. The zero-order chi connectivity index (χ0) is 16.1. The van der Waals surface area contributed by atoms with Crippen molar-refractivity contribution in [1.82, 2.24) is 24.5 Å². The van der Waals surface area contributed by atoms with Crippen LogP contribution in [0.2, 0.25) is 0 Å². The lowest BCUT2D eigenvalue weighted by Crippen LogP contribution is -2.58. The molecule has 3 aromatic rings. The molecule has 0 bridgehead atoms. The molecule has 1 aliphatic heterocycles. The van der Waals surface area contributed by atoms with Gasteiger partial charge in [-0.05, 0) is 32.0 Å². The van der Waals surface area contributed by atoms with Crippen LogP contribution in [0, 0.1) is 0 Å². The largest absolute Gasteiger partial charge is 0.352 e. The van der Waals surface area contributed by atoms with E-state index in [0.29, 0.717) is 12.0 Å². The van der Waals surface area contributed by atoms with E-state index in [1.54, 1.807) is 11.3 Å². The van der Waals surface area contributed by atoms with Gasteiger partial charge in [-0.2, -0.15) is 5.10 Å². The number of likely N-dealkylation sites (N-methyl/N-ethyl adjacent to an activating group) is 1. The molecule has 1 aliphatic carbocycles. The summed E-state index contributed by atoms with van der Waals surface area (Å²) in [5, 5.41) is 10.9. The zero-order valence-electron chi connectivity index (χ0n) is 13.7. The molecule has 2 aliphatic rings. The molecule has 0 spiro atoms. The van der Waals surface area contributed by atoms with E-state index in [9.17, 15) is 0 Å². The van der Waals surface area contributed by atoms with Crippen LogP contribution in [0.15, 0.2) is 29.9 Å². The van der Waals surface area contributed by atoms with Gasteiger partial charge >= 0.3 is 0 Å². The summed E-state index contributed by atoms with van der Waals surface area (Å²) in [6, 6.07) is 4.82. The van der Waals surface area contributed by atoms with E-state index < -0.39 is 0 Å². The summed E-state index contributed by atoms with van der Waals surface area (Å²) >= 11 is 1.68. The Bertz CT molecular complexity index is 815. The van der Waals surface area contributed by atoms with Crippen molar-refractivity contribution in [1.29, 1.82) is 0 Å². The third-order valence-electron chi connectivity index (χ3n) is 5.03. The second kappa shape index (κ2) is 5.53. The van der Waals surface area contributed by atoms with Gasteiger partial charge in [0, 0.05) is 49.4 Å². The van der Waals surface area contributed by atoms with Crippen molar-refractivity contribution in [3.8, 4) is 0 Å². The molecule has 0 unspecified atom stereocenters. The number of imidazole rings is 1. The molecule has 2 fully saturated rings. The van der Waals surface area contributed by atoms with Crippen LogP contribution in [-0.2, 0) is 6.54 Å². The smallest absolute Gasteiger partial charge is 0.193 e. The van der Waals surface area contributed by atoms with Gasteiger partial charge in [0.15, 0.2) is 10.8 Å². The Kier molecular flexibility index (Phi) is 3.31. The minimum Gasteiger partial charge on any atom is -0.352 e. The van der Waals surface area contributed by atoms with E-state index in [2.05, 4.69) is 66.3 Å². The van der Waals surface area contributed by atoms with Crippen molar-refractivity contribution >= 4 is 22.1 Å². The predicted molar refractivity (Wildman–Crippen MR) is 94.5 cm³/mol. The normalized spacial score (nSPS) is 18.5. The second-order valence-corrected chi connectivity index (χ2v) is 7.76. The molecule has 0 amide bonds. The van der Waals surface area contributed by atoms with Gasteiger partial charge in [0.25, 0.3) is 0 Å². The molecular weight excluding hydrogens is 320 g/mol. The van der Waals surface area contributed by atoms with E-state index in [0.717, 1.165) is 41.8 Å². The first-order valence-electron chi connectivity index (χ1n) is 8.46. The Labute approximate surface area is 144 Å². The van der Waals surface area contributed by atoms with Crippen LogP contribution in [0.4, 0.5) is 5.82 Å². The third-order valence-corrected chi connectivity index (χ3v) is 5.80. The first kappa shape index (κ1) is 14.4. The standard InChI is InChI=1S/C17H20N6S/c1-21(8-13-9-22-6-7-24-17(22)18-13)14-10-23(11-14)16-5-4-15(19-20-16)12-2-3-12/h4-7,9,12,14H,2-3,8,10-11H2,1H3. The van der Waals surface area contributed by atoms with Gasteiger partial charge < -0.3 is 4.90 Å². The first-order chi connectivity index (χ1) is 11.8. The molecule has 0 atom stereocenters. The molecule has 7 heteroatoms. The number of hydrogen-bond donors (Lipinski definition) is 0. The molecule has 3 aromatic heterocycles. The van der Waals surface area contributed by atoms with Gasteiger partial charge in [-0.1, -0.05) is 0 Å². The molecule has 6 nitrogen and oxygen atoms in total. The topological polar surface area (TPSA) is 49.6 Å². The Hall–Kier alpha value is -1.99. The maximum absolute atomic E-state index is 4.67. The van der Waals surface area contributed by atoms with Crippen LogP contribution in [0.1, 0.15) is 30.1 Å². The molecule has 5 rings (SSSR count). The van der Waals surface area contributed by atoms with Gasteiger partial charge in [0.05, 0.1) is 11.4 Å².